The SMILES string of the molecule is CCc1cccc(CC)c1NC(=O)c1ccc(Br)c(O)c1. The number of benzene rings is 2. The quantitative estimate of drug-likeness (QED) is 0.853. The third-order valence-corrected chi connectivity index (χ3v) is 4.12. The van der Waals surface area contributed by atoms with E-state index in [0.29, 0.717) is 10.0 Å². The van der Waals surface area contributed by atoms with Gasteiger partial charge in [-0.3, -0.25) is 4.79 Å². The van der Waals surface area contributed by atoms with E-state index in [1.807, 2.05) is 18.2 Å². The van der Waals surface area contributed by atoms with Crippen molar-refractivity contribution in [3.05, 3.63) is 57.6 Å². The Bertz CT molecular complexity index is 646. The highest BCUT2D eigenvalue weighted by atomic mass is 79.9. The Kier molecular flexibility index (Phi) is 5.02. The van der Waals surface area contributed by atoms with Gasteiger partial charge in [-0.25, -0.2) is 0 Å². The second-order valence-corrected chi connectivity index (χ2v) is 5.63. The second kappa shape index (κ2) is 6.76. The summed E-state index contributed by atoms with van der Waals surface area (Å²) in [6.07, 6.45) is 1.71. The maximum atomic E-state index is 12.4. The molecule has 2 aromatic rings. The number of halogens is 1. The lowest BCUT2D eigenvalue weighted by Gasteiger charge is -2.14. The molecule has 0 spiro atoms. The molecule has 0 radical (unpaired) electrons. The summed E-state index contributed by atoms with van der Waals surface area (Å²) in [5, 5.41) is 12.7. The summed E-state index contributed by atoms with van der Waals surface area (Å²) in [6.45, 7) is 4.13. The van der Waals surface area contributed by atoms with Crippen LogP contribution in [0, 0.1) is 0 Å². The van der Waals surface area contributed by atoms with E-state index in [9.17, 15) is 9.90 Å². The molecule has 0 bridgehead atoms. The van der Waals surface area contributed by atoms with Crippen LogP contribution in [0.5, 0.6) is 5.75 Å². The summed E-state index contributed by atoms with van der Waals surface area (Å²) in [5.41, 5.74) is 3.55. The van der Waals surface area contributed by atoms with Gasteiger partial charge in [-0.2, -0.15) is 0 Å². The van der Waals surface area contributed by atoms with E-state index in [-0.39, 0.29) is 11.7 Å². The van der Waals surface area contributed by atoms with Gasteiger partial charge in [-0.15, -0.1) is 0 Å². The number of phenolic OH excluding ortho intramolecular Hbond substituents is 1. The molecule has 2 N–H and O–H groups in total. The zero-order valence-corrected chi connectivity index (χ0v) is 13.7. The smallest absolute Gasteiger partial charge is 0.255 e. The standard InChI is InChI=1S/C17H18BrNO2/c1-3-11-6-5-7-12(4-2)16(11)19-17(21)13-8-9-14(18)15(20)10-13/h5-10,20H,3-4H2,1-2H3,(H,19,21). The van der Waals surface area contributed by atoms with Crippen molar-refractivity contribution in [1.29, 1.82) is 0 Å². The number of hydrogen-bond acceptors (Lipinski definition) is 2. The van der Waals surface area contributed by atoms with Gasteiger partial charge in [0.25, 0.3) is 5.91 Å². The van der Waals surface area contributed by atoms with Gasteiger partial charge < -0.3 is 10.4 Å². The van der Waals surface area contributed by atoms with Crippen LogP contribution < -0.4 is 5.32 Å². The van der Waals surface area contributed by atoms with Gasteiger partial charge in [0.2, 0.25) is 0 Å². The third-order valence-electron chi connectivity index (χ3n) is 3.45. The van der Waals surface area contributed by atoms with Crippen LogP contribution in [0.15, 0.2) is 40.9 Å². The molecule has 0 atom stereocenters. The van der Waals surface area contributed by atoms with E-state index in [1.54, 1.807) is 12.1 Å². The lowest BCUT2D eigenvalue weighted by Crippen LogP contribution is -2.14. The summed E-state index contributed by atoms with van der Waals surface area (Å²) in [5.74, 6) is -0.157. The summed E-state index contributed by atoms with van der Waals surface area (Å²) in [6, 6.07) is 10.9. The van der Waals surface area contributed by atoms with Crippen molar-refractivity contribution >= 4 is 27.5 Å². The number of anilines is 1. The number of amides is 1. The van der Waals surface area contributed by atoms with Crippen LogP contribution in [0.2, 0.25) is 0 Å². The highest BCUT2D eigenvalue weighted by Crippen LogP contribution is 2.26. The summed E-state index contributed by atoms with van der Waals surface area (Å²) in [7, 11) is 0. The summed E-state index contributed by atoms with van der Waals surface area (Å²) < 4.78 is 0.572. The molecule has 4 heteroatoms. The first-order valence-corrected chi connectivity index (χ1v) is 7.76. The predicted molar refractivity (Wildman–Crippen MR) is 89.0 cm³/mol. The van der Waals surface area contributed by atoms with Crippen LogP contribution in [0.1, 0.15) is 35.3 Å². The highest BCUT2D eigenvalue weighted by molar-refractivity contribution is 9.10. The Hall–Kier alpha value is -1.81. The van der Waals surface area contributed by atoms with E-state index < -0.39 is 0 Å². The van der Waals surface area contributed by atoms with Crippen LogP contribution in [-0.2, 0) is 12.8 Å². The predicted octanol–water partition coefficient (Wildman–Crippen LogP) is 4.53. The average molecular weight is 348 g/mol. The number of nitrogens with one attached hydrogen (secondary N) is 1. The number of aryl methyl sites for hydroxylation is 2. The Balaban J connectivity index is 2.33. The van der Waals surface area contributed by atoms with Crippen molar-refractivity contribution < 1.29 is 9.90 Å². The number of para-hydroxylation sites is 1. The van der Waals surface area contributed by atoms with Crippen LogP contribution in [0.4, 0.5) is 5.69 Å². The first-order valence-electron chi connectivity index (χ1n) is 6.97. The molecule has 1 amide bonds. The van der Waals surface area contributed by atoms with Gasteiger partial charge in [-0.1, -0.05) is 32.0 Å². The molecule has 3 nitrogen and oxygen atoms in total. The zero-order chi connectivity index (χ0) is 15.4. The second-order valence-electron chi connectivity index (χ2n) is 4.78. The molecule has 0 saturated carbocycles. The number of hydrogen-bond donors (Lipinski definition) is 2. The monoisotopic (exact) mass is 347 g/mol. The molecule has 0 saturated heterocycles. The Morgan fingerprint density at radius 3 is 2.29 bits per heavy atom. The third kappa shape index (κ3) is 3.45. The Morgan fingerprint density at radius 2 is 1.76 bits per heavy atom. The van der Waals surface area contributed by atoms with E-state index in [2.05, 4.69) is 35.1 Å². The van der Waals surface area contributed by atoms with Crippen molar-refractivity contribution in [2.75, 3.05) is 5.32 Å². The van der Waals surface area contributed by atoms with Crippen molar-refractivity contribution in [2.24, 2.45) is 0 Å². The van der Waals surface area contributed by atoms with Crippen molar-refractivity contribution in [1.82, 2.24) is 0 Å². The highest BCUT2D eigenvalue weighted by Gasteiger charge is 2.13. The van der Waals surface area contributed by atoms with Gasteiger partial charge in [0.15, 0.2) is 0 Å². The fourth-order valence-corrected chi connectivity index (χ4v) is 2.49. The lowest BCUT2D eigenvalue weighted by molar-refractivity contribution is 0.102. The van der Waals surface area contributed by atoms with Gasteiger partial charge >= 0.3 is 0 Å². The fourth-order valence-electron chi connectivity index (χ4n) is 2.24. The largest absolute Gasteiger partial charge is 0.507 e. The normalized spacial score (nSPS) is 10.4. The molecule has 2 aromatic carbocycles. The summed E-state index contributed by atoms with van der Waals surface area (Å²) in [4.78, 5) is 12.4. The Morgan fingerprint density at radius 1 is 1.14 bits per heavy atom. The Labute approximate surface area is 133 Å². The number of carbonyl (C=O) groups excluding carboxylic acids is 1. The van der Waals surface area contributed by atoms with Gasteiger partial charge in [0.1, 0.15) is 5.75 Å². The van der Waals surface area contributed by atoms with Gasteiger partial charge in [0.05, 0.1) is 4.47 Å². The van der Waals surface area contributed by atoms with E-state index in [4.69, 9.17) is 0 Å². The molecule has 0 fully saturated rings. The van der Waals surface area contributed by atoms with Crippen LogP contribution in [0.3, 0.4) is 0 Å². The topological polar surface area (TPSA) is 49.3 Å². The minimum absolute atomic E-state index is 0.0575. The zero-order valence-electron chi connectivity index (χ0n) is 12.1. The van der Waals surface area contributed by atoms with Crippen molar-refractivity contribution in [2.45, 2.75) is 26.7 Å². The first-order chi connectivity index (χ1) is 10.1. The number of phenols is 1. The van der Waals surface area contributed by atoms with Crippen molar-refractivity contribution in [3.8, 4) is 5.75 Å². The lowest BCUT2D eigenvalue weighted by atomic mass is 10.0. The van der Waals surface area contributed by atoms with E-state index in [1.165, 1.54) is 6.07 Å². The van der Waals surface area contributed by atoms with Crippen LogP contribution >= 0.6 is 15.9 Å². The van der Waals surface area contributed by atoms with Crippen LogP contribution in [0.25, 0.3) is 0 Å². The molecule has 0 heterocycles. The molecule has 0 aliphatic rings. The van der Waals surface area contributed by atoms with Crippen LogP contribution in [-0.4, -0.2) is 11.0 Å². The van der Waals surface area contributed by atoms with Gasteiger partial charge in [-0.05, 0) is 58.1 Å². The number of carbonyl (C=O) groups is 1. The molecule has 21 heavy (non-hydrogen) atoms. The van der Waals surface area contributed by atoms with E-state index >= 15 is 0 Å². The molecule has 2 rings (SSSR count). The molecule has 0 aliphatic carbocycles. The molecular formula is C17H18BrNO2. The number of rotatable bonds is 4. The van der Waals surface area contributed by atoms with E-state index in [0.717, 1.165) is 29.7 Å². The maximum Gasteiger partial charge on any atom is 0.255 e. The molecule has 0 unspecified atom stereocenters. The first kappa shape index (κ1) is 15.6. The fraction of sp³-hybridized carbons (Fsp3) is 0.235. The molecule has 0 aromatic heterocycles. The minimum Gasteiger partial charge on any atom is -0.507 e. The average Bonchev–Trinajstić information content (AvgIpc) is 2.50. The minimum atomic E-state index is -0.214. The molecule has 0 aliphatic heterocycles. The van der Waals surface area contributed by atoms with Crippen molar-refractivity contribution in [3.63, 3.8) is 0 Å². The number of aromatic hydroxyl groups is 1. The van der Waals surface area contributed by atoms with Gasteiger partial charge in [0, 0.05) is 11.3 Å². The maximum absolute atomic E-state index is 12.4. The summed E-state index contributed by atoms with van der Waals surface area (Å²) >= 11 is 3.21. The molecular weight excluding hydrogens is 330 g/mol. The molecule has 110 valence electrons.